The maximum Gasteiger partial charge on any atom is 0.269 e. The molecule has 0 spiro atoms. The van der Waals surface area contributed by atoms with Crippen LogP contribution in [-0.4, -0.2) is 46.7 Å². The second kappa shape index (κ2) is 12.0. The first kappa shape index (κ1) is 27.0. The van der Waals surface area contributed by atoms with Gasteiger partial charge in [-0.15, -0.1) is 0 Å². The van der Waals surface area contributed by atoms with Gasteiger partial charge in [0.1, 0.15) is 12.1 Å². The molecular formula is C30H28N4O5. The number of carbonyl (C=O) groups is 3. The minimum atomic E-state index is -1.03. The van der Waals surface area contributed by atoms with Crippen molar-refractivity contribution in [1.82, 2.24) is 10.2 Å². The first-order valence-corrected chi connectivity index (χ1v) is 12.4. The normalized spacial score (nSPS) is 12.3. The molecule has 0 radical (unpaired) electrons. The number of nitrogens with zero attached hydrogens (tertiary/aromatic N) is 2. The highest BCUT2D eigenvalue weighted by molar-refractivity contribution is 6.08. The number of nitro benzene ring substituents is 1. The summed E-state index contributed by atoms with van der Waals surface area (Å²) in [7, 11) is 1.50. The van der Waals surface area contributed by atoms with Crippen molar-refractivity contribution in [2.75, 3.05) is 12.4 Å². The number of anilines is 1. The monoisotopic (exact) mass is 524 g/mol. The summed E-state index contributed by atoms with van der Waals surface area (Å²) in [6, 6.07) is 25.6. The van der Waals surface area contributed by atoms with Crippen LogP contribution in [0.1, 0.15) is 22.8 Å². The van der Waals surface area contributed by atoms with Crippen molar-refractivity contribution in [3.8, 4) is 0 Å². The first-order chi connectivity index (χ1) is 18.7. The molecule has 198 valence electrons. The number of non-ortho nitro benzene ring substituents is 1. The Labute approximate surface area is 225 Å². The van der Waals surface area contributed by atoms with Crippen molar-refractivity contribution in [1.29, 1.82) is 0 Å². The molecule has 9 heteroatoms. The Morgan fingerprint density at radius 3 is 2.21 bits per heavy atom. The third-order valence-corrected chi connectivity index (χ3v) is 6.57. The Kier molecular flexibility index (Phi) is 8.30. The molecular weight excluding hydrogens is 496 g/mol. The zero-order valence-corrected chi connectivity index (χ0v) is 21.5. The maximum atomic E-state index is 13.7. The van der Waals surface area contributed by atoms with Crippen LogP contribution >= 0.6 is 0 Å². The van der Waals surface area contributed by atoms with E-state index >= 15 is 0 Å². The fourth-order valence-corrected chi connectivity index (χ4v) is 4.23. The summed E-state index contributed by atoms with van der Waals surface area (Å²) in [5.41, 5.74) is 1.55. The molecule has 0 aliphatic rings. The lowest BCUT2D eigenvalue weighted by molar-refractivity contribution is -0.384. The predicted molar refractivity (Wildman–Crippen MR) is 149 cm³/mol. The van der Waals surface area contributed by atoms with Crippen molar-refractivity contribution in [2.24, 2.45) is 0 Å². The third-order valence-electron chi connectivity index (χ3n) is 6.57. The third kappa shape index (κ3) is 6.45. The van der Waals surface area contributed by atoms with Gasteiger partial charge in [-0.2, -0.15) is 0 Å². The molecule has 0 saturated carbocycles. The van der Waals surface area contributed by atoms with E-state index in [0.29, 0.717) is 16.8 Å². The molecule has 0 fully saturated rings. The molecule has 4 rings (SSSR count). The topological polar surface area (TPSA) is 122 Å². The van der Waals surface area contributed by atoms with Gasteiger partial charge in [0.05, 0.1) is 4.92 Å². The van der Waals surface area contributed by atoms with Crippen molar-refractivity contribution >= 4 is 39.9 Å². The van der Waals surface area contributed by atoms with Gasteiger partial charge in [-0.1, -0.05) is 66.7 Å². The van der Waals surface area contributed by atoms with Crippen LogP contribution in [0.25, 0.3) is 10.8 Å². The number of hydrogen-bond acceptors (Lipinski definition) is 5. The number of fused-ring (bicyclic) bond motifs is 1. The van der Waals surface area contributed by atoms with Crippen LogP contribution in [0.3, 0.4) is 0 Å². The van der Waals surface area contributed by atoms with Crippen LogP contribution in [-0.2, 0) is 16.0 Å². The summed E-state index contributed by atoms with van der Waals surface area (Å²) < 4.78 is 0. The standard InChI is InChI=1S/C30H28N4O5/c1-20(28(35)31-23-11-4-3-5-12-23)33(2)30(37)27(19-21-15-17-24(18-16-21)34(38)39)32-29(36)26-14-8-10-22-9-6-7-13-25(22)26/h3-18,20,27H,19H2,1-2H3,(H,31,35)(H,32,36)/t20?,27-/m1/s1. The number of para-hydroxylation sites is 1. The van der Waals surface area contributed by atoms with Crippen LogP contribution in [0.2, 0.25) is 0 Å². The molecule has 0 bridgehead atoms. The van der Waals surface area contributed by atoms with Crippen LogP contribution in [0.5, 0.6) is 0 Å². The van der Waals surface area contributed by atoms with Crippen LogP contribution in [0.15, 0.2) is 97.1 Å². The lowest BCUT2D eigenvalue weighted by atomic mass is 10.0. The molecule has 0 aromatic heterocycles. The number of nitro groups is 1. The van der Waals surface area contributed by atoms with Gasteiger partial charge in [-0.05, 0) is 41.5 Å². The number of amides is 3. The van der Waals surface area contributed by atoms with Crippen molar-refractivity contribution < 1.29 is 19.3 Å². The molecule has 39 heavy (non-hydrogen) atoms. The number of likely N-dealkylation sites (N-methyl/N-ethyl adjacent to an activating group) is 1. The Bertz CT molecular complexity index is 1500. The second-order valence-electron chi connectivity index (χ2n) is 9.16. The zero-order valence-electron chi connectivity index (χ0n) is 21.5. The lowest BCUT2D eigenvalue weighted by Gasteiger charge is -2.29. The molecule has 0 heterocycles. The van der Waals surface area contributed by atoms with E-state index in [1.54, 1.807) is 55.5 Å². The SMILES string of the molecule is CC(C(=O)Nc1ccccc1)N(C)C(=O)[C@@H](Cc1ccc([N+](=O)[O-])cc1)NC(=O)c1cccc2ccccc12. The van der Waals surface area contributed by atoms with E-state index in [1.807, 2.05) is 36.4 Å². The molecule has 0 aliphatic heterocycles. The predicted octanol–water partition coefficient (Wildman–Crippen LogP) is 4.57. The van der Waals surface area contributed by atoms with Gasteiger partial charge in [0.2, 0.25) is 11.8 Å². The molecule has 2 atom stereocenters. The van der Waals surface area contributed by atoms with Crippen molar-refractivity contribution in [2.45, 2.75) is 25.4 Å². The van der Waals surface area contributed by atoms with E-state index in [1.165, 1.54) is 24.1 Å². The smallest absolute Gasteiger partial charge is 0.269 e. The lowest BCUT2D eigenvalue weighted by Crippen LogP contribution is -2.53. The molecule has 0 saturated heterocycles. The second-order valence-corrected chi connectivity index (χ2v) is 9.16. The summed E-state index contributed by atoms with van der Waals surface area (Å²) >= 11 is 0. The molecule has 9 nitrogen and oxygen atoms in total. The van der Waals surface area contributed by atoms with E-state index in [2.05, 4.69) is 10.6 Å². The Morgan fingerprint density at radius 1 is 0.872 bits per heavy atom. The Hall–Kier alpha value is -5.05. The fourth-order valence-electron chi connectivity index (χ4n) is 4.23. The maximum absolute atomic E-state index is 13.7. The van der Waals surface area contributed by atoms with Gasteiger partial charge >= 0.3 is 0 Å². The number of hydrogen-bond donors (Lipinski definition) is 2. The van der Waals surface area contributed by atoms with Gasteiger partial charge in [0.15, 0.2) is 0 Å². The molecule has 4 aromatic rings. The van der Waals surface area contributed by atoms with Gasteiger partial charge < -0.3 is 15.5 Å². The van der Waals surface area contributed by atoms with E-state index in [0.717, 1.165) is 10.8 Å². The van der Waals surface area contributed by atoms with Crippen molar-refractivity contribution in [3.05, 3.63) is 118 Å². The number of nitrogens with one attached hydrogen (secondary N) is 2. The zero-order chi connectivity index (χ0) is 27.9. The van der Waals surface area contributed by atoms with E-state index in [9.17, 15) is 24.5 Å². The number of carbonyl (C=O) groups excluding carboxylic acids is 3. The summed E-state index contributed by atoms with van der Waals surface area (Å²) in [4.78, 5) is 51.8. The Balaban J connectivity index is 1.58. The number of benzene rings is 4. The summed E-state index contributed by atoms with van der Waals surface area (Å²) in [5.74, 6) is -1.30. The van der Waals surface area contributed by atoms with Gasteiger partial charge in [-0.25, -0.2) is 0 Å². The fraction of sp³-hybridized carbons (Fsp3) is 0.167. The van der Waals surface area contributed by atoms with Crippen LogP contribution in [0, 0.1) is 10.1 Å². The quantitative estimate of drug-likeness (QED) is 0.245. The first-order valence-electron chi connectivity index (χ1n) is 12.4. The summed E-state index contributed by atoms with van der Waals surface area (Å²) in [6.45, 7) is 1.60. The van der Waals surface area contributed by atoms with Gasteiger partial charge in [-0.3, -0.25) is 24.5 Å². The van der Waals surface area contributed by atoms with Gasteiger partial charge in [0.25, 0.3) is 11.6 Å². The van der Waals surface area contributed by atoms with Crippen LogP contribution < -0.4 is 10.6 Å². The number of rotatable bonds is 9. The highest BCUT2D eigenvalue weighted by Crippen LogP contribution is 2.20. The minimum Gasteiger partial charge on any atom is -0.340 e. The molecule has 1 unspecified atom stereocenters. The van der Waals surface area contributed by atoms with E-state index in [4.69, 9.17) is 0 Å². The highest BCUT2D eigenvalue weighted by atomic mass is 16.6. The van der Waals surface area contributed by atoms with Crippen molar-refractivity contribution in [3.63, 3.8) is 0 Å². The molecule has 3 amide bonds. The minimum absolute atomic E-state index is 0.0741. The summed E-state index contributed by atoms with van der Waals surface area (Å²) in [6.07, 6.45) is 0.0741. The summed E-state index contributed by atoms with van der Waals surface area (Å²) in [5, 5.41) is 18.3. The highest BCUT2D eigenvalue weighted by Gasteiger charge is 2.30. The van der Waals surface area contributed by atoms with E-state index < -0.39 is 28.8 Å². The van der Waals surface area contributed by atoms with Crippen LogP contribution in [0.4, 0.5) is 11.4 Å². The largest absolute Gasteiger partial charge is 0.340 e. The average Bonchev–Trinajstić information content (AvgIpc) is 2.96. The average molecular weight is 525 g/mol. The Morgan fingerprint density at radius 2 is 1.51 bits per heavy atom. The molecule has 2 N–H and O–H groups in total. The van der Waals surface area contributed by atoms with E-state index in [-0.39, 0.29) is 18.0 Å². The van der Waals surface area contributed by atoms with Gasteiger partial charge in [0, 0.05) is 36.9 Å². The molecule has 0 aliphatic carbocycles. The molecule has 4 aromatic carbocycles.